The molecule has 0 aliphatic heterocycles. The minimum Gasteiger partial charge on any atom is -0.271 e. The van der Waals surface area contributed by atoms with Crippen molar-refractivity contribution in [3.63, 3.8) is 0 Å². The topological polar surface area (TPSA) is 55.9 Å². The van der Waals surface area contributed by atoms with Gasteiger partial charge in [-0.1, -0.05) is 30.7 Å². The number of nitrogens with zero attached hydrogens (tertiary/aromatic N) is 2. The molecule has 1 heterocycles. The summed E-state index contributed by atoms with van der Waals surface area (Å²) in [6.07, 6.45) is 3.92. The van der Waals surface area contributed by atoms with Crippen LogP contribution < -0.4 is 11.3 Å². The lowest BCUT2D eigenvalue weighted by molar-refractivity contribution is 0.413. The molecule has 4 nitrogen and oxygen atoms in total. The summed E-state index contributed by atoms with van der Waals surface area (Å²) in [5.74, 6) is 6.60. The summed E-state index contributed by atoms with van der Waals surface area (Å²) >= 11 is 0. The van der Waals surface area contributed by atoms with Gasteiger partial charge in [0.2, 0.25) is 0 Å². The minimum atomic E-state index is 0.00273. The molecule has 21 heavy (non-hydrogen) atoms. The van der Waals surface area contributed by atoms with Crippen molar-refractivity contribution in [2.75, 3.05) is 0 Å². The van der Waals surface area contributed by atoms with Crippen LogP contribution in [0.1, 0.15) is 60.7 Å². The molecule has 1 fully saturated rings. The Kier molecular flexibility index (Phi) is 4.08. The van der Waals surface area contributed by atoms with E-state index >= 15 is 0 Å². The fraction of sp³-hybridized carbons (Fsp3) is 0.471. The second-order valence-electron chi connectivity index (χ2n) is 5.88. The number of nitrogens with one attached hydrogen (secondary N) is 1. The van der Waals surface area contributed by atoms with E-state index in [0.29, 0.717) is 5.92 Å². The Morgan fingerprint density at radius 3 is 2.76 bits per heavy atom. The molecule has 0 amide bonds. The highest BCUT2D eigenvalue weighted by Crippen LogP contribution is 2.40. The second kappa shape index (κ2) is 6.00. The van der Waals surface area contributed by atoms with E-state index in [2.05, 4.69) is 47.8 Å². The largest absolute Gasteiger partial charge is 0.271 e. The van der Waals surface area contributed by atoms with Gasteiger partial charge >= 0.3 is 0 Å². The van der Waals surface area contributed by atoms with Gasteiger partial charge in [-0.25, -0.2) is 5.43 Å². The monoisotopic (exact) mass is 284 g/mol. The maximum Gasteiger partial charge on any atom is 0.0881 e. The van der Waals surface area contributed by atoms with Crippen molar-refractivity contribution in [2.45, 2.75) is 51.6 Å². The molecule has 1 unspecified atom stereocenters. The van der Waals surface area contributed by atoms with Crippen molar-refractivity contribution in [1.82, 2.24) is 15.2 Å². The van der Waals surface area contributed by atoms with Crippen LogP contribution >= 0.6 is 0 Å². The normalized spacial score (nSPS) is 16.7. The third kappa shape index (κ3) is 2.61. The van der Waals surface area contributed by atoms with Crippen molar-refractivity contribution in [1.29, 1.82) is 0 Å². The number of aryl methyl sites for hydroxylation is 2. The minimum absolute atomic E-state index is 0.00273. The fourth-order valence-electron chi connectivity index (χ4n) is 3.25. The first kappa shape index (κ1) is 14.3. The van der Waals surface area contributed by atoms with Crippen LogP contribution in [0.5, 0.6) is 0 Å². The molecule has 0 bridgehead atoms. The molecule has 0 saturated heterocycles. The molecule has 1 aliphatic carbocycles. The Hall–Kier alpha value is -1.65. The molecule has 3 N–H and O–H groups in total. The molecule has 2 aromatic rings. The summed E-state index contributed by atoms with van der Waals surface area (Å²) in [4.78, 5) is 0. The van der Waals surface area contributed by atoms with Crippen LogP contribution in [0.15, 0.2) is 30.3 Å². The Morgan fingerprint density at radius 2 is 2.14 bits per heavy atom. The predicted octanol–water partition coefficient (Wildman–Crippen LogP) is 3.03. The number of hydrogen-bond donors (Lipinski definition) is 2. The zero-order chi connectivity index (χ0) is 14.8. The van der Waals surface area contributed by atoms with Crippen LogP contribution in [0.25, 0.3) is 0 Å². The Bertz CT molecular complexity index is 613. The molecule has 1 saturated carbocycles. The fourth-order valence-corrected chi connectivity index (χ4v) is 3.25. The van der Waals surface area contributed by atoms with Gasteiger partial charge in [-0.2, -0.15) is 5.10 Å². The van der Waals surface area contributed by atoms with Crippen molar-refractivity contribution < 1.29 is 0 Å². The van der Waals surface area contributed by atoms with Gasteiger partial charge in [0.25, 0.3) is 0 Å². The molecule has 0 radical (unpaired) electrons. The van der Waals surface area contributed by atoms with E-state index in [1.54, 1.807) is 0 Å². The molecule has 1 aliphatic rings. The standard InChI is InChI=1S/C17H24N4/c1-3-21-16(11-12(2)20-21)17(19-18)15-10-5-4-9-14(15)13-7-6-8-13/h4-5,9-11,13,17,19H,3,6-8,18H2,1-2H3. The van der Waals surface area contributed by atoms with Crippen LogP contribution in [0.2, 0.25) is 0 Å². The van der Waals surface area contributed by atoms with Crippen molar-refractivity contribution in [3.8, 4) is 0 Å². The highest BCUT2D eigenvalue weighted by molar-refractivity contribution is 5.38. The summed E-state index contributed by atoms with van der Waals surface area (Å²) in [7, 11) is 0. The van der Waals surface area contributed by atoms with Crippen molar-refractivity contribution in [3.05, 3.63) is 52.8 Å². The molecular formula is C17H24N4. The number of aromatic nitrogens is 2. The zero-order valence-electron chi connectivity index (χ0n) is 12.8. The third-order valence-electron chi connectivity index (χ3n) is 4.55. The lowest BCUT2D eigenvalue weighted by atomic mass is 9.77. The average molecular weight is 284 g/mol. The predicted molar refractivity (Wildman–Crippen MR) is 84.8 cm³/mol. The van der Waals surface area contributed by atoms with E-state index in [1.807, 2.05) is 11.6 Å². The highest BCUT2D eigenvalue weighted by Gasteiger charge is 2.26. The van der Waals surface area contributed by atoms with Gasteiger partial charge in [-0.3, -0.25) is 10.5 Å². The smallest absolute Gasteiger partial charge is 0.0881 e. The average Bonchev–Trinajstić information content (AvgIpc) is 2.81. The summed E-state index contributed by atoms with van der Waals surface area (Å²) < 4.78 is 2.04. The quantitative estimate of drug-likeness (QED) is 0.655. The van der Waals surface area contributed by atoms with Gasteiger partial charge in [0.15, 0.2) is 0 Å². The maximum atomic E-state index is 5.91. The lowest BCUT2D eigenvalue weighted by Gasteiger charge is -2.30. The number of benzene rings is 1. The summed E-state index contributed by atoms with van der Waals surface area (Å²) in [6, 6.07) is 10.8. The number of rotatable bonds is 5. The molecular weight excluding hydrogens is 260 g/mol. The van der Waals surface area contributed by atoms with E-state index in [-0.39, 0.29) is 6.04 Å². The molecule has 1 aromatic carbocycles. The van der Waals surface area contributed by atoms with E-state index < -0.39 is 0 Å². The SMILES string of the molecule is CCn1nc(C)cc1C(NN)c1ccccc1C1CCC1. The van der Waals surface area contributed by atoms with Crippen molar-refractivity contribution >= 4 is 0 Å². The third-order valence-corrected chi connectivity index (χ3v) is 4.55. The first-order chi connectivity index (χ1) is 10.2. The zero-order valence-corrected chi connectivity index (χ0v) is 12.8. The molecule has 0 spiro atoms. The van der Waals surface area contributed by atoms with Crippen LogP contribution in [-0.2, 0) is 6.54 Å². The van der Waals surface area contributed by atoms with Crippen molar-refractivity contribution in [2.24, 2.45) is 5.84 Å². The van der Waals surface area contributed by atoms with Gasteiger partial charge in [0.1, 0.15) is 0 Å². The number of nitrogens with two attached hydrogens (primary N) is 1. The van der Waals surface area contributed by atoms with Crippen LogP contribution in [0, 0.1) is 6.92 Å². The Balaban J connectivity index is 2.03. The summed E-state index contributed by atoms with van der Waals surface area (Å²) in [5.41, 5.74) is 7.91. The molecule has 1 atom stereocenters. The Morgan fingerprint density at radius 1 is 1.38 bits per heavy atom. The first-order valence-electron chi connectivity index (χ1n) is 7.84. The molecule has 112 valence electrons. The molecule has 1 aromatic heterocycles. The van der Waals surface area contributed by atoms with Gasteiger partial charge in [0.05, 0.1) is 17.4 Å². The van der Waals surface area contributed by atoms with Crippen LogP contribution in [-0.4, -0.2) is 9.78 Å². The lowest BCUT2D eigenvalue weighted by Crippen LogP contribution is -2.32. The van der Waals surface area contributed by atoms with Crippen LogP contribution in [0.4, 0.5) is 0 Å². The van der Waals surface area contributed by atoms with E-state index in [4.69, 9.17) is 5.84 Å². The highest BCUT2D eigenvalue weighted by atomic mass is 15.3. The first-order valence-corrected chi connectivity index (χ1v) is 7.84. The summed E-state index contributed by atoms with van der Waals surface area (Å²) in [6.45, 7) is 5.00. The number of hydrazine groups is 1. The summed E-state index contributed by atoms with van der Waals surface area (Å²) in [5, 5.41) is 4.55. The van der Waals surface area contributed by atoms with Gasteiger partial charge < -0.3 is 0 Å². The van der Waals surface area contributed by atoms with E-state index in [9.17, 15) is 0 Å². The molecule has 3 rings (SSSR count). The Labute approximate surface area is 126 Å². The molecule has 4 heteroatoms. The van der Waals surface area contributed by atoms with Gasteiger partial charge in [-0.15, -0.1) is 0 Å². The van der Waals surface area contributed by atoms with Crippen LogP contribution in [0.3, 0.4) is 0 Å². The van der Waals surface area contributed by atoms with Gasteiger partial charge in [0, 0.05) is 6.54 Å². The maximum absolute atomic E-state index is 5.91. The van der Waals surface area contributed by atoms with E-state index in [0.717, 1.165) is 17.9 Å². The second-order valence-corrected chi connectivity index (χ2v) is 5.88. The van der Waals surface area contributed by atoms with Gasteiger partial charge in [-0.05, 0) is 49.8 Å². The van der Waals surface area contributed by atoms with E-state index in [1.165, 1.54) is 30.4 Å². The number of hydrogen-bond acceptors (Lipinski definition) is 3.